The molecule has 12 nitrogen and oxygen atoms in total. The van der Waals surface area contributed by atoms with E-state index in [-0.39, 0.29) is 13.0 Å². The Kier molecular flexibility index (Phi) is 37.9. The van der Waals surface area contributed by atoms with Gasteiger partial charge in [-0.25, -0.2) is 4.57 Å². The van der Waals surface area contributed by atoms with E-state index in [0.717, 1.165) is 77.0 Å². The zero-order valence-electron chi connectivity index (χ0n) is 39.3. The molecular formula is C51H87O12P. The molecule has 0 heterocycles. The number of hydrogen-bond acceptors (Lipinski definition) is 11. The third kappa shape index (κ3) is 32.2. The molecule has 0 aromatic rings. The van der Waals surface area contributed by atoms with Crippen LogP contribution in [0.1, 0.15) is 168 Å². The van der Waals surface area contributed by atoms with Gasteiger partial charge >= 0.3 is 13.8 Å². The number of phosphoric ester groups is 1. The Labute approximate surface area is 386 Å². The van der Waals surface area contributed by atoms with Gasteiger partial charge in [-0.15, -0.1) is 0 Å². The Morgan fingerprint density at radius 1 is 0.516 bits per heavy atom. The SMILES string of the molecule is CC/C=C\C/C=C\C/C=C\C/C=C\C/C=C\C/C=C\CCCOCC(COP(=O)(O)OC1C(O)C(O)C(O)C(O)C1O)OC(=O)CCCCCCCCC/C=C\CCCCCCCC. The summed E-state index contributed by atoms with van der Waals surface area (Å²) in [7, 11) is -5.04. The van der Waals surface area contributed by atoms with Crippen molar-refractivity contribution < 1.29 is 58.3 Å². The molecule has 0 spiro atoms. The number of carbonyl (C=O) groups excluding carboxylic acids is 1. The largest absolute Gasteiger partial charge is 0.472 e. The summed E-state index contributed by atoms with van der Waals surface area (Å²) in [5, 5.41) is 50.2. The Morgan fingerprint density at radius 2 is 0.922 bits per heavy atom. The first kappa shape index (κ1) is 59.5. The molecule has 64 heavy (non-hydrogen) atoms. The van der Waals surface area contributed by atoms with Crippen LogP contribution < -0.4 is 0 Å². The highest BCUT2D eigenvalue weighted by Crippen LogP contribution is 2.47. The molecular weight excluding hydrogens is 836 g/mol. The first-order chi connectivity index (χ1) is 31.0. The van der Waals surface area contributed by atoms with Crippen molar-refractivity contribution in [2.24, 2.45) is 0 Å². The Bertz CT molecular complexity index is 1380. The fourth-order valence-electron chi connectivity index (χ4n) is 6.90. The topological polar surface area (TPSA) is 192 Å². The zero-order chi connectivity index (χ0) is 46.9. The maximum Gasteiger partial charge on any atom is 0.472 e. The number of aliphatic hydroxyl groups is 5. The summed E-state index contributed by atoms with van der Waals surface area (Å²) in [6.45, 7) is 3.99. The second-order valence-corrected chi connectivity index (χ2v) is 18.0. The predicted molar refractivity (Wildman–Crippen MR) is 258 cm³/mol. The van der Waals surface area contributed by atoms with E-state index in [1.165, 1.54) is 57.8 Å². The predicted octanol–water partition coefficient (Wildman–Crippen LogP) is 10.5. The number of rotatable bonds is 40. The van der Waals surface area contributed by atoms with Crippen LogP contribution in [0.15, 0.2) is 85.1 Å². The van der Waals surface area contributed by atoms with Gasteiger partial charge in [0.05, 0.1) is 13.2 Å². The average molecular weight is 923 g/mol. The van der Waals surface area contributed by atoms with Crippen LogP contribution in [-0.4, -0.2) is 98.9 Å². The third-order valence-electron chi connectivity index (χ3n) is 10.8. The van der Waals surface area contributed by atoms with Gasteiger partial charge in [0.1, 0.15) is 42.7 Å². The molecule has 0 aliphatic heterocycles. The summed E-state index contributed by atoms with van der Waals surface area (Å²) in [6, 6.07) is 0. The molecule has 0 saturated heterocycles. The van der Waals surface area contributed by atoms with Crippen LogP contribution in [-0.2, 0) is 27.9 Å². The van der Waals surface area contributed by atoms with E-state index < -0.39 is 63.1 Å². The van der Waals surface area contributed by atoms with Crippen molar-refractivity contribution in [1.82, 2.24) is 0 Å². The maximum atomic E-state index is 12.8. The van der Waals surface area contributed by atoms with Gasteiger partial charge in [-0.1, -0.05) is 163 Å². The lowest BCUT2D eigenvalue weighted by molar-refractivity contribution is -0.220. The van der Waals surface area contributed by atoms with E-state index in [0.29, 0.717) is 19.4 Å². The zero-order valence-corrected chi connectivity index (χ0v) is 40.2. The number of unbranched alkanes of at least 4 members (excludes halogenated alkanes) is 14. The van der Waals surface area contributed by atoms with E-state index in [1.54, 1.807) is 0 Å². The normalized spacial score (nSPS) is 22.4. The summed E-state index contributed by atoms with van der Waals surface area (Å²) < 4.78 is 34.2. The Morgan fingerprint density at radius 3 is 1.42 bits per heavy atom. The van der Waals surface area contributed by atoms with Gasteiger partial charge in [0, 0.05) is 13.0 Å². The molecule has 6 N–H and O–H groups in total. The number of ether oxygens (including phenoxy) is 2. The second-order valence-electron chi connectivity index (χ2n) is 16.6. The standard InChI is InChI=1S/C51H87O12P/c1-3-5-7-9-11-13-15-17-19-21-22-23-25-27-29-31-33-35-37-39-41-60-42-44(43-61-64(58,59)63-51-49(56)47(54)46(53)48(55)50(51)57)62-45(52)40-38-36-34-32-30-28-26-24-20-18-16-14-12-10-8-6-4-2/h5,7,11,13,17-20,22-23,27,29,33,35,44,46-51,53-57H,3-4,6,8-10,12,14-16,21,24-26,28,30-32,34,36-43H2,1-2H3,(H,58,59)/b7-5-,13-11-,19-17-,20-18-,23-22-,29-27-,35-33-. The van der Waals surface area contributed by atoms with Crippen LogP contribution in [0.5, 0.6) is 0 Å². The Hall–Kier alpha value is -2.48. The van der Waals surface area contributed by atoms with Gasteiger partial charge < -0.3 is 39.9 Å². The molecule has 1 fully saturated rings. The summed E-state index contributed by atoms with van der Waals surface area (Å²) in [5.41, 5.74) is 0. The van der Waals surface area contributed by atoms with E-state index in [4.69, 9.17) is 18.5 Å². The van der Waals surface area contributed by atoms with Crippen molar-refractivity contribution >= 4 is 13.8 Å². The number of aliphatic hydroxyl groups excluding tert-OH is 5. The molecule has 6 unspecified atom stereocenters. The molecule has 6 atom stereocenters. The number of esters is 1. The van der Waals surface area contributed by atoms with E-state index in [9.17, 15) is 39.8 Å². The van der Waals surface area contributed by atoms with Crippen molar-refractivity contribution in [2.75, 3.05) is 19.8 Å². The molecule has 0 radical (unpaired) electrons. The van der Waals surface area contributed by atoms with Crippen molar-refractivity contribution in [3.8, 4) is 0 Å². The van der Waals surface area contributed by atoms with Crippen LogP contribution in [0.3, 0.4) is 0 Å². The highest BCUT2D eigenvalue weighted by Gasteiger charge is 2.51. The number of phosphoric acid groups is 1. The third-order valence-corrected chi connectivity index (χ3v) is 11.7. The first-order valence-corrected chi connectivity index (χ1v) is 25.9. The van der Waals surface area contributed by atoms with Crippen LogP contribution in [0.25, 0.3) is 0 Å². The monoisotopic (exact) mass is 923 g/mol. The summed E-state index contributed by atoms with van der Waals surface area (Å²) >= 11 is 0. The fraction of sp³-hybridized carbons (Fsp3) is 0.706. The van der Waals surface area contributed by atoms with Gasteiger partial charge in [0.15, 0.2) is 0 Å². The molecule has 1 aliphatic carbocycles. The first-order valence-electron chi connectivity index (χ1n) is 24.4. The second kappa shape index (κ2) is 40.8. The van der Waals surface area contributed by atoms with Gasteiger partial charge in [0.25, 0.3) is 0 Å². The highest BCUT2D eigenvalue weighted by molar-refractivity contribution is 7.47. The van der Waals surface area contributed by atoms with Crippen LogP contribution in [0.4, 0.5) is 0 Å². The van der Waals surface area contributed by atoms with E-state index in [1.807, 2.05) is 0 Å². The fourth-order valence-corrected chi connectivity index (χ4v) is 7.87. The molecule has 368 valence electrons. The average Bonchev–Trinajstić information content (AvgIpc) is 3.28. The molecule has 0 bridgehead atoms. The summed E-state index contributed by atoms with van der Waals surface area (Å²) in [6.07, 6.45) is 42.3. The number of carbonyl (C=O) groups is 1. The minimum atomic E-state index is -5.04. The van der Waals surface area contributed by atoms with E-state index >= 15 is 0 Å². The number of allylic oxidation sites excluding steroid dienone is 14. The lowest BCUT2D eigenvalue weighted by Crippen LogP contribution is -2.64. The molecule has 0 aromatic carbocycles. The summed E-state index contributed by atoms with van der Waals surface area (Å²) in [5.74, 6) is -0.505. The van der Waals surface area contributed by atoms with Crippen molar-refractivity contribution in [3.63, 3.8) is 0 Å². The summed E-state index contributed by atoms with van der Waals surface area (Å²) in [4.78, 5) is 23.2. The molecule has 0 amide bonds. The minimum absolute atomic E-state index is 0.123. The van der Waals surface area contributed by atoms with Crippen molar-refractivity contribution in [1.29, 1.82) is 0 Å². The van der Waals surface area contributed by atoms with Gasteiger partial charge in [-0.3, -0.25) is 13.8 Å². The van der Waals surface area contributed by atoms with Gasteiger partial charge in [-0.05, 0) is 83.5 Å². The van der Waals surface area contributed by atoms with Gasteiger partial charge in [-0.2, -0.15) is 0 Å². The molecule has 1 aliphatic rings. The molecule has 0 aromatic heterocycles. The highest BCUT2D eigenvalue weighted by atomic mass is 31.2. The maximum absolute atomic E-state index is 12.8. The molecule has 13 heteroatoms. The van der Waals surface area contributed by atoms with Crippen LogP contribution in [0, 0.1) is 0 Å². The molecule has 1 rings (SSSR count). The van der Waals surface area contributed by atoms with Crippen molar-refractivity contribution in [2.45, 2.75) is 211 Å². The minimum Gasteiger partial charge on any atom is -0.457 e. The smallest absolute Gasteiger partial charge is 0.457 e. The van der Waals surface area contributed by atoms with Crippen LogP contribution in [0.2, 0.25) is 0 Å². The Balaban J connectivity index is 2.43. The lowest BCUT2D eigenvalue weighted by atomic mass is 9.85. The van der Waals surface area contributed by atoms with Crippen LogP contribution >= 0.6 is 7.82 Å². The van der Waals surface area contributed by atoms with Gasteiger partial charge in [0.2, 0.25) is 0 Å². The van der Waals surface area contributed by atoms with Crippen molar-refractivity contribution in [3.05, 3.63) is 85.1 Å². The lowest BCUT2D eigenvalue weighted by Gasteiger charge is -2.41. The quantitative estimate of drug-likeness (QED) is 0.0148. The molecule has 1 saturated carbocycles. The number of hydrogen-bond donors (Lipinski definition) is 6. The van der Waals surface area contributed by atoms with E-state index in [2.05, 4.69) is 98.9 Å².